The van der Waals surface area contributed by atoms with Crippen molar-refractivity contribution in [3.8, 4) is 11.3 Å². The standard InChI is InChI=1S/C21H21FN4/c22-18-8-6-16(7-9-18)20-21(25-12-11-24-20)17-4-3-13-26(14-17)15-19-5-1-2-10-23-19/h1-2,5-12,17H,3-4,13-15H2. The number of piperidine rings is 1. The highest BCUT2D eigenvalue weighted by atomic mass is 19.1. The summed E-state index contributed by atoms with van der Waals surface area (Å²) in [6, 6.07) is 12.5. The molecule has 0 aliphatic carbocycles. The average Bonchev–Trinajstić information content (AvgIpc) is 2.70. The van der Waals surface area contributed by atoms with Gasteiger partial charge in [0.05, 0.1) is 17.1 Å². The Labute approximate surface area is 152 Å². The van der Waals surface area contributed by atoms with E-state index in [4.69, 9.17) is 0 Å². The lowest BCUT2D eigenvalue weighted by atomic mass is 9.91. The van der Waals surface area contributed by atoms with Gasteiger partial charge in [-0.1, -0.05) is 6.07 Å². The Morgan fingerprint density at radius 1 is 0.962 bits per heavy atom. The van der Waals surface area contributed by atoms with Crippen LogP contribution in [0, 0.1) is 5.82 Å². The number of hydrogen-bond acceptors (Lipinski definition) is 4. The van der Waals surface area contributed by atoms with Crippen LogP contribution in [0.25, 0.3) is 11.3 Å². The quantitative estimate of drug-likeness (QED) is 0.713. The molecule has 0 saturated carbocycles. The number of pyridine rings is 1. The van der Waals surface area contributed by atoms with Crippen molar-refractivity contribution < 1.29 is 4.39 Å². The normalized spacial score (nSPS) is 18.0. The number of aromatic nitrogens is 3. The minimum Gasteiger partial charge on any atom is -0.297 e. The highest BCUT2D eigenvalue weighted by Gasteiger charge is 2.25. The van der Waals surface area contributed by atoms with Crippen molar-refractivity contribution in [2.75, 3.05) is 13.1 Å². The summed E-state index contributed by atoms with van der Waals surface area (Å²) in [5.41, 5.74) is 3.87. The molecule has 3 aromatic rings. The zero-order valence-corrected chi connectivity index (χ0v) is 14.6. The smallest absolute Gasteiger partial charge is 0.123 e. The fourth-order valence-corrected chi connectivity index (χ4v) is 3.62. The lowest BCUT2D eigenvalue weighted by Gasteiger charge is -2.32. The van der Waals surface area contributed by atoms with Gasteiger partial charge in [0.25, 0.3) is 0 Å². The van der Waals surface area contributed by atoms with Gasteiger partial charge in [0, 0.05) is 43.2 Å². The molecule has 0 bridgehead atoms. The minimum absolute atomic E-state index is 0.238. The Balaban J connectivity index is 1.56. The first-order valence-electron chi connectivity index (χ1n) is 8.99. The number of likely N-dealkylation sites (tertiary alicyclic amines) is 1. The molecule has 1 aliphatic heterocycles. The van der Waals surface area contributed by atoms with E-state index in [0.29, 0.717) is 5.92 Å². The van der Waals surface area contributed by atoms with Gasteiger partial charge >= 0.3 is 0 Å². The van der Waals surface area contributed by atoms with E-state index in [9.17, 15) is 4.39 Å². The predicted molar refractivity (Wildman–Crippen MR) is 98.9 cm³/mol. The summed E-state index contributed by atoms with van der Waals surface area (Å²) in [6.45, 7) is 2.85. The fraction of sp³-hybridized carbons (Fsp3) is 0.286. The zero-order chi connectivity index (χ0) is 17.8. The van der Waals surface area contributed by atoms with Crippen LogP contribution in [0.5, 0.6) is 0 Å². The molecule has 132 valence electrons. The second-order valence-electron chi connectivity index (χ2n) is 6.69. The predicted octanol–water partition coefficient (Wildman–Crippen LogP) is 4.06. The number of hydrogen-bond donors (Lipinski definition) is 0. The monoisotopic (exact) mass is 348 g/mol. The highest BCUT2D eigenvalue weighted by Crippen LogP contribution is 2.32. The molecule has 0 radical (unpaired) electrons. The summed E-state index contributed by atoms with van der Waals surface area (Å²) in [4.78, 5) is 16.1. The van der Waals surface area contributed by atoms with Crippen molar-refractivity contribution in [3.05, 3.63) is 78.3 Å². The van der Waals surface area contributed by atoms with E-state index in [1.54, 1.807) is 24.5 Å². The summed E-state index contributed by atoms with van der Waals surface area (Å²) in [5, 5.41) is 0. The third-order valence-corrected chi connectivity index (χ3v) is 4.85. The van der Waals surface area contributed by atoms with Gasteiger partial charge in [-0.15, -0.1) is 0 Å². The molecule has 5 heteroatoms. The lowest BCUT2D eigenvalue weighted by Crippen LogP contribution is -2.34. The minimum atomic E-state index is -0.238. The van der Waals surface area contributed by atoms with E-state index in [-0.39, 0.29) is 5.82 Å². The van der Waals surface area contributed by atoms with Crippen molar-refractivity contribution in [1.82, 2.24) is 19.9 Å². The Morgan fingerprint density at radius 3 is 2.62 bits per heavy atom. The summed E-state index contributed by atoms with van der Waals surface area (Å²) >= 11 is 0. The van der Waals surface area contributed by atoms with Crippen molar-refractivity contribution in [1.29, 1.82) is 0 Å². The van der Waals surface area contributed by atoms with Crippen molar-refractivity contribution in [3.63, 3.8) is 0 Å². The Bertz CT molecular complexity index is 851. The third-order valence-electron chi connectivity index (χ3n) is 4.85. The number of nitrogens with zero attached hydrogens (tertiary/aromatic N) is 4. The van der Waals surface area contributed by atoms with Crippen LogP contribution < -0.4 is 0 Å². The first-order valence-corrected chi connectivity index (χ1v) is 8.99. The molecule has 0 amide bonds. The maximum absolute atomic E-state index is 13.3. The van der Waals surface area contributed by atoms with Crippen LogP contribution in [0.3, 0.4) is 0 Å². The first-order chi connectivity index (χ1) is 12.8. The third kappa shape index (κ3) is 3.78. The molecular formula is C21H21FN4. The number of benzene rings is 1. The van der Waals surface area contributed by atoms with Crippen LogP contribution in [-0.4, -0.2) is 32.9 Å². The maximum Gasteiger partial charge on any atom is 0.123 e. The van der Waals surface area contributed by atoms with E-state index in [2.05, 4.69) is 25.9 Å². The summed E-state index contributed by atoms with van der Waals surface area (Å²) in [7, 11) is 0. The first kappa shape index (κ1) is 16.8. The Morgan fingerprint density at radius 2 is 1.81 bits per heavy atom. The van der Waals surface area contributed by atoms with Crippen molar-refractivity contribution >= 4 is 0 Å². The number of rotatable bonds is 4. The van der Waals surface area contributed by atoms with Crippen LogP contribution in [0.1, 0.15) is 30.1 Å². The van der Waals surface area contributed by atoms with Crippen LogP contribution in [0.2, 0.25) is 0 Å². The molecule has 1 aromatic carbocycles. The largest absolute Gasteiger partial charge is 0.297 e. The van der Waals surface area contributed by atoms with E-state index in [1.807, 2.05) is 18.3 Å². The molecule has 1 aliphatic rings. The van der Waals surface area contributed by atoms with Crippen molar-refractivity contribution in [2.45, 2.75) is 25.3 Å². The number of halogens is 1. The van der Waals surface area contributed by atoms with Gasteiger partial charge in [-0.05, 0) is 55.8 Å². The average molecular weight is 348 g/mol. The van der Waals surface area contributed by atoms with E-state index >= 15 is 0 Å². The maximum atomic E-state index is 13.3. The van der Waals surface area contributed by atoms with Crippen molar-refractivity contribution in [2.24, 2.45) is 0 Å². The molecule has 3 heterocycles. The van der Waals surface area contributed by atoms with Gasteiger partial charge in [-0.2, -0.15) is 0 Å². The molecular weight excluding hydrogens is 327 g/mol. The molecule has 1 saturated heterocycles. The van der Waals surface area contributed by atoms with Crippen LogP contribution in [0.15, 0.2) is 61.1 Å². The van der Waals surface area contributed by atoms with Gasteiger partial charge < -0.3 is 0 Å². The van der Waals surface area contributed by atoms with Crippen LogP contribution >= 0.6 is 0 Å². The van der Waals surface area contributed by atoms with E-state index in [0.717, 1.165) is 55.1 Å². The molecule has 2 aromatic heterocycles. The molecule has 0 spiro atoms. The molecule has 1 unspecified atom stereocenters. The molecule has 26 heavy (non-hydrogen) atoms. The molecule has 0 N–H and O–H groups in total. The Kier molecular flexibility index (Phi) is 4.97. The van der Waals surface area contributed by atoms with Gasteiger partial charge in [-0.3, -0.25) is 19.9 Å². The highest BCUT2D eigenvalue weighted by molar-refractivity contribution is 5.62. The van der Waals surface area contributed by atoms with E-state index in [1.165, 1.54) is 12.1 Å². The fourth-order valence-electron chi connectivity index (χ4n) is 3.62. The van der Waals surface area contributed by atoms with E-state index < -0.39 is 0 Å². The Hall–Kier alpha value is -2.66. The second-order valence-corrected chi connectivity index (χ2v) is 6.69. The second kappa shape index (κ2) is 7.70. The molecule has 4 nitrogen and oxygen atoms in total. The topological polar surface area (TPSA) is 41.9 Å². The molecule has 1 atom stereocenters. The molecule has 1 fully saturated rings. The SMILES string of the molecule is Fc1ccc(-c2nccnc2C2CCCN(Cc3ccccn3)C2)cc1. The molecule has 4 rings (SSSR count). The van der Waals surface area contributed by atoms with Gasteiger partial charge in [0.1, 0.15) is 5.82 Å². The van der Waals surface area contributed by atoms with Crippen LogP contribution in [0.4, 0.5) is 4.39 Å². The zero-order valence-electron chi connectivity index (χ0n) is 14.6. The van der Waals surface area contributed by atoms with Gasteiger partial charge in [0.15, 0.2) is 0 Å². The summed E-state index contributed by atoms with van der Waals surface area (Å²) in [5.74, 6) is 0.0830. The summed E-state index contributed by atoms with van der Waals surface area (Å²) in [6.07, 6.45) is 7.51. The summed E-state index contributed by atoms with van der Waals surface area (Å²) < 4.78 is 13.3. The van der Waals surface area contributed by atoms with Gasteiger partial charge in [0.2, 0.25) is 0 Å². The lowest BCUT2D eigenvalue weighted by molar-refractivity contribution is 0.196. The van der Waals surface area contributed by atoms with Gasteiger partial charge in [-0.25, -0.2) is 4.39 Å². The van der Waals surface area contributed by atoms with Crippen LogP contribution in [-0.2, 0) is 6.54 Å².